The Balaban J connectivity index is 1.56. The number of nitriles is 1. The molecule has 2 heterocycles. The predicted molar refractivity (Wildman–Crippen MR) is 69.2 cm³/mol. The van der Waals surface area contributed by atoms with E-state index in [1.807, 2.05) is 6.07 Å². The van der Waals surface area contributed by atoms with Crippen LogP contribution >= 0.6 is 0 Å². The van der Waals surface area contributed by atoms with E-state index in [9.17, 15) is 4.79 Å². The van der Waals surface area contributed by atoms with E-state index in [1.165, 1.54) is 4.90 Å². The lowest BCUT2D eigenvalue weighted by molar-refractivity contribution is 0.106. The topological polar surface area (TPSA) is 86.5 Å². The number of ether oxygens (including phenoxy) is 1. The molecular formula is C14H15N3O3. The number of likely N-dealkylation sites (tertiary alicyclic amines) is 1. The second-order valence-corrected chi connectivity index (χ2v) is 5.39. The molecule has 2 bridgehead atoms. The average Bonchev–Trinajstić information content (AvgIpc) is 3.05. The van der Waals surface area contributed by atoms with Crippen molar-refractivity contribution in [3.05, 3.63) is 23.9 Å². The van der Waals surface area contributed by atoms with Gasteiger partial charge in [-0.05, 0) is 30.7 Å². The van der Waals surface area contributed by atoms with Crippen molar-refractivity contribution in [2.24, 2.45) is 11.8 Å². The maximum atomic E-state index is 11.0. The lowest BCUT2D eigenvalue weighted by atomic mass is 9.96. The summed E-state index contributed by atoms with van der Waals surface area (Å²) in [5, 5.41) is 17.9. The standard InChI is InChI=1S/C14H15N3O3/c15-6-9-1-2-16-13(3-9)20-8-11-5-12-4-10(11)7-17(12)14(18)19/h1-3,10-12H,4-5,7-8H2,(H,18,19). The molecule has 1 N–H and O–H groups in total. The summed E-state index contributed by atoms with van der Waals surface area (Å²) in [5.41, 5.74) is 0.528. The highest BCUT2D eigenvalue weighted by molar-refractivity contribution is 5.66. The molecule has 6 nitrogen and oxygen atoms in total. The molecule has 1 aliphatic carbocycles. The Kier molecular flexibility index (Phi) is 3.18. The third-order valence-electron chi connectivity index (χ3n) is 4.24. The summed E-state index contributed by atoms with van der Waals surface area (Å²) in [6, 6.07) is 5.45. The van der Waals surface area contributed by atoms with Gasteiger partial charge in [-0.25, -0.2) is 9.78 Å². The molecule has 1 amide bonds. The van der Waals surface area contributed by atoms with Crippen molar-refractivity contribution < 1.29 is 14.6 Å². The summed E-state index contributed by atoms with van der Waals surface area (Å²) in [7, 11) is 0. The number of fused-ring (bicyclic) bond motifs is 2. The fourth-order valence-electron chi connectivity index (χ4n) is 3.25. The van der Waals surface area contributed by atoms with Crippen LogP contribution in [0.3, 0.4) is 0 Å². The van der Waals surface area contributed by atoms with Gasteiger partial charge in [0.2, 0.25) is 5.88 Å². The fraction of sp³-hybridized carbons (Fsp3) is 0.500. The van der Waals surface area contributed by atoms with Gasteiger partial charge >= 0.3 is 6.09 Å². The minimum absolute atomic E-state index is 0.143. The molecule has 3 unspecified atom stereocenters. The molecule has 2 fully saturated rings. The second kappa shape index (κ2) is 5.00. The normalized spacial score (nSPS) is 27.4. The smallest absolute Gasteiger partial charge is 0.407 e. The molecule has 1 aromatic heterocycles. The van der Waals surface area contributed by atoms with Gasteiger partial charge in [-0.3, -0.25) is 0 Å². The third-order valence-corrected chi connectivity index (χ3v) is 4.24. The van der Waals surface area contributed by atoms with Crippen molar-refractivity contribution in [3.63, 3.8) is 0 Å². The summed E-state index contributed by atoms with van der Waals surface area (Å²) in [6.07, 6.45) is 2.53. The van der Waals surface area contributed by atoms with Gasteiger partial charge in [-0.2, -0.15) is 5.26 Å². The lowest BCUT2D eigenvalue weighted by Crippen LogP contribution is -2.40. The number of rotatable bonds is 3. The Labute approximate surface area is 116 Å². The van der Waals surface area contributed by atoms with Gasteiger partial charge in [0, 0.05) is 24.8 Å². The van der Waals surface area contributed by atoms with Gasteiger partial charge in [0.05, 0.1) is 18.2 Å². The molecule has 1 saturated heterocycles. The first-order valence-electron chi connectivity index (χ1n) is 6.66. The number of carboxylic acid groups (broad SMARTS) is 1. The summed E-state index contributed by atoms with van der Waals surface area (Å²) >= 11 is 0. The second-order valence-electron chi connectivity index (χ2n) is 5.39. The van der Waals surface area contributed by atoms with Crippen LogP contribution in [0.15, 0.2) is 18.3 Å². The van der Waals surface area contributed by atoms with E-state index < -0.39 is 6.09 Å². The summed E-state index contributed by atoms with van der Waals surface area (Å²) in [6.45, 7) is 1.15. The summed E-state index contributed by atoms with van der Waals surface area (Å²) in [5.74, 6) is 1.22. The van der Waals surface area contributed by atoms with Crippen molar-refractivity contribution in [2.75, 3.05) is 13.2 Å². The molecular weight excluding hydrogens is 258 g/mol. The van der Waals surface area contributed by atoms with Crippen molar-refractivity contribution in [3.8, 4) is 11.9 Å². The Morgan fingerprint density at radius 1 is 1.60 bits per heavy atom. The van der Waals surface area contributed by atoms with Crippen LogP contribution in [0.4, 0.5) is 4.79 Å². The van der Waals surface area contributed by atoms with E-state index in [0.717, 1.165) is 12.8 Å². The Bertz CT molecular complexity index is 569. The van der Waals surface area contributed by atoms with E-state index >= 15 is 0 Å². The van der Waals surface area contributed by atoms with E-state index in [0.29, 0.717) is 36.4 Å². The first-order chi connectivity index (χ1) is 9.67. The molecule has 0 aromatic carbocycles. The third kappa shape index (κ3) is 2.27. The lowest BCUT2D eigenvalue weighted by Gasteiger charge is -2.29. The molecule has 1 saturated carbocycles. The van der Waals surface area contributed by atoms with Crippen LogP contribution in [0.5, 0.6) is 5.88 Å². The van der Waals surface area contributed by atoms with Crippen LogP contribution in [0.2, 0.25) is 0 Å². The first-order valence-corrected chi connectivity index (χ1v) is 6.66. The number of pyridine rings is 1. The number of aromatic nitrogens is 1. The van der Waals surface area contributed by atoms with E-state index in [2.05, 4.69) is 4.98 Å². The number of nitrogens with zero attached hydrogens (tertiary/aromatic N) is 3. The Morgan fingerprint density at radius 3 is 3.10 bits per heavy atom. The number of hydrogen-bond acceptors (Lipinski definition) is 4. The van der Waals surface area contributed by atoms with Gasteiger partial charge in [0.25, 0.3) is 0 Å². The Hall–Kier alpha value is -2.29. The van der Waals surface area contributed by atoms with E-state index in [-0.39, 0.29) is 6.04 Å². The van der Waals surface area contributed by atoms with Crippen molar-refractivity contribution in [2.45, 2.75) is 18.9 Å². The molecule has 2 aliphatic rings. The van der Waals surface area contributed by atoms with Crippen LogP contribution in [0.1, 0.15) is 18.4 Å². The Morgan fingerprint density at radius 2 is 2.45 bits per heavy atom. The molecule has 104 valence electrons. The largest absolute Gasteiger partial charge is 0.477 e. The minimum atomic E-state index is -0.819. The summed E-state index contributed by atoms with van der Waals surface area (Å²) in [4.78, 5) is 16.6. The summed E-state index contributed by atoms with van der Waals surface area (Å²) < 4.78 is 5.65. The molecule has 3 atom stereocenters. The van der Waals surface area contributed by atoms with Gasteiger partial charge in [0.1, 0.15) is 0 Å². The quantitative estimate of drug-likeness (QED) is 0.906. The van der Waals surface area contributed by atoms with Crippen LogP contribution < -0.4 is 4.74 Å². The highest BCUT2D eigenvalue weighted by Gasteiger charge is 2.46. The molecule has 3 rings (SSSR count). The van der Waals surface area contributed by atoms with Crippen LogP contribution in [-0.4, -0.2) is 40.3 Å². The number of hydrogen-bond donors (Lipinski definition) is 1. The van der Waals surface area contributed by atoms with Crippen molar-refractivity contribution >= 4 is 6.09 Å². The van der Waals surface area contributed by atoms with Crippen LogP contribution in [0.25, 0.3) is 0 Å². The zero-order valence-electron chi connectivity index (χ0n) is 10.9. The molecule has 0 spiro atoms. The van der Waals surface area contributed by atoms with Crippen molar-refractivity contribution in [1.29, 1.82) is 5.26 Å². The zero-order chi connectivity index (χ0) is 14.1. The number of piperidine rings is 1. The molecule has 6 heteroatoms. The predicted octanol–water partition coefficient (Wildman–Crippen LogP) is 1.72. The van der Waals surface area contributed by atoms with E-state index in [1.54, 1.807) is 18.3 Å². The average molecular weight is 273 g/mol. The molecule has 0 radical (unpaired) electrons. The SMILES string of the molecule is N#Cc1ccnc(OCC2CC3CC2CN3C(=O)O)c1. The van der Waals surface area contributed by atoms with E-state index in [4.69, 9.17) is 15.1 Å². The van der Waals surface area contributed by atoms with Gasteiger partial charge in [-0.15, -0.1) is 0 Å². The fourth-order valence-corrected chi connectivity index (χ4v) is 3.25. The van der Waals surface area contributed by atoms with Gasteiger partial charge in [0.15, 0.2) is 0 Å². The van der Waals surface area contributed by atoms with Crippen molar-refractivity contribution in [1.82, 2.24) is 9.88 Å². The minimum Gasteiger partial charge on any atom is -0.477 e. The molecule has 20 heavy (non-hydrogen) atoms. The maximum absolute atomic E-state index is 11.0. The monoisotopic (exact) mass is 273 g/mol. The van der Waals surface area contributed by atoms with Crippen LogP contribution in [0, 0.1) is 23.2 Å². The van der Waals surface area contributed by atoms with Gasteiger partial charge in [-0.1, -0.05) is 0 Å². The molecule has 1 aromatic rings. The highest BCUT2D eigenvalue weighted by atomic mass is 16.5. The van der Waals surface area contributed by atoms with Crippen LogP contribution in [-0.2, 0) is 0 Å². The molecule has 1 aliphatic heterocycles. The number of amides is 1. The number of carbonyl (C=O) groups is 1. The first kappa shape index (κ1) is 12.7. The zero-order valence-corrected chi connectivity index (χ0v) is 10.9. The maximum Gasteiger partial charge on any atom is 0.407 e. The highest BCUT2D eigenvalue weighted by Crippen LogP contribution is 2.42. The van der Waals surface area contributed by atoms with Gasteiger partial charge < -0.3 is 14.7 Å².